The van der Waals surface area contributed by atoms with Crippen LogP contribution in [0.5, 0.6) is 0 Å². The van der Waals surface area contributed by atoms with E-state index in [1.165, 1.54) is 0 Å². The van der Waals surface area contributed by atoms with Gasteiger partial charge in [-0.1, -0.05) is 0 Å². The van der Waals surface area contributed by atoms with Gasteiger partial charge in [0.15, 0.2) is 0 Å². The molecule has 0 aliphatic heterocycles. The fraction of sp³-hybridized carbons (Fsp3) is 0. The van der Waals surface area contributed by atoms with Crippen molar-refractivity contribution in [2.24, 2.45) is 0 Å². The SMILES string of the molecule is O.O=C([O-])[O-].O=[Si]([O-])[O-].[Al+3].[Na+]. The van der Waals surface area contributed by atoms with Crippen LogP contribution in [0.2, 0.25) is 0 Å². The molecule has 7 nitrogen and oxygen atoms in total. The van der Waals surface area contributed by atoms with Crippen molar-refractivity contribution < 1.29 is 64.1 Å². The Bertz CT molecular complexity index is 76.4. The van der Waals surface area contributed by atoms with Crippen molar-refractivity contribution >= 4 is 32.7 Å². The van der Waals surface area contributed by atoms with Gasteiger partial charge >= 0.3 is 46.9 Å². The smallest absolute Gasteiger partial charge is 0.672 e. The molecule has 0 spiro atoms. The third kappa shape index (κ3) is 5060. The summed E-state index contributed by atoms with van der Waals surface area (Å²) in [6.45, 7) is 0. The van der Waals surface area contributed by atoms with Crippen LogP contribution in [0.3, 0.4) is 0 Å². The van der Waals surface area contributed by atoms with Gasteiger partial charge in [-0.05, 0) is 6.16 Å². The number of hydrogen-bond acceptors (Lipinski definition) is 6. The van der Waals surface area contributed by atoms with Crippen LogP contribution in [-0.4, -0.2) is 38.2 Å². The fourth-order valence-corrected chi connectivity index (χ4v) is 0. The molecule has 0 radical (unpaired) electrons. The van der Waals surface area contributed by atoms with E-state index in [0.717, 1.165) is 0 Å². The van der Waals surface area contributed by atoms with Gasteiger partial charge in [-0.3, -0.25) is 0 Å². The van der Waals surface area contributed by atoms with Crippen LogP contribution >= 0.6 is 0 Å². The quantitative estimate of drug-likeness (QED) is 0.356. The van der Waals surface area contributed by atoms with E-state index < -0.39 is 15.3 Å². The molecule has 0 bridgehead atoms. The Balaban J connectivity index is -0.0000000171. The summed E-state index contributed by atoms with van der Waals surface area (Å²) in [7, 11) is -3.63. The summed E-state index contributed by atoms with van der Waals surface area (Å²) >= 11 is 0. The second kappa shape index (κ2) is 22.4. The topological polar surface area (TPSA) is 158 Å². The minimum absolute atomic E-state index is 0. The summed E-state index contributed by atoms with van der Waals surface area (Å²) in [5, 5.41) is 16.7. The Morgan fingerprint density at radius 3 is 1.18 bits per heavy atom. The number of hydrogen-bond donors (Lipinski definition) is 0. The van der Waals surface area contributed by atoms with Gasteiger partial charge in [-0.2, -0.15) is 0 Å². The molecule has 0 amide bonds. The van der Waals surface area contributed by atoms with E-state index in [-0.39, 0.29) is 52.4 Å². The maximum absolute atomic E-state index is 8.52. The van der Waals surface area contributed by atoms with Crippen molar-refractivity contribution in [1.82, 2.24) is 0 Å². The van der Waals surface area contributed by atoms with Crippen molar-refractivity contribution in [3.8, 4) is 0 Å². The van der Waals surface area contributed by atoms with Crippen molar-refractivity contribution in [2.45, 2.75) is 0 Å². The Morgan fingerprint density at radius 2 is 1.18 bits per heavy atom. The molecule has 0 aliphatic carbocycles. The summed E-state index contributed by atoms with van der Waals surface area (Å²) in [6.07, 6.45) is -2.33. The Kier molecular flexibility index (Phi) is 61.4. The maximum atomic E-state index is 8.52. The molecular formula is CH2AlNaO7Si. The average Bonchev–Trinajstić information content (AvgIpc) is 1.25. The maximum Gasteiger partial charge on any atom is 3.00 e. The molecule has 56 valence electrons. The summed E-state index contributed by atoms with van der Waals surface area (Å²) in [5.41, 5.74) is 0. The molecule has 11 heavy (non-hydrogen) atoms. The van der Waals surface area contributed by atoms with Gasteiger partial charge in [0.1, 0.15) is 0 Å². The third-order valence-electron chi connectivity index (χ3n) is 0. The van der Waals surface area contributed by atoms with Crippen molar-refractivity contribution in [1.29, 1.82) is 0 Å². The van der Waals surface area contributed by atoms with Crippen molar-refractivity contribution in [3.05, 3.63) is 0 Å². The molecule has 2 N–H and O–H groups in total. The van der Waals surface area contributed by atoms with Gasteiger partial charge in [0.25, 0.3) is 0 Å². The van der Waals surface area contributed by atoms with E-state index in [9.17, 15) is 0 Å². The standard InChI is InChI=1S/CH2O3.Al.Na.O3Si.H2O/c2-1(3)4;;;1-4(2)3;/h(H2,2,3,4);;;;1H2/q;+3;+1;-2;/p-2. The molecule has 0 aromatic carbocycles. The predicted octanol–water partition coefficient (Wildman–Crippen LogP) is -9.53. The van der Waals surface area contributed by atoms with E-state index in [4.69, 9.17) is 29.1 Å². The predicted molar refractivity (Wildman–Crippen MR) is 21.2 cm³/mol. The van der Waals surface area contributed by atoms with Gasteiger partial charge in [-0.15, -0.1) is 0 Å². The van der Waals surface area contributed by atoms with Crippen LogP contribution in [0.25, 0.3) is 0 Å². The molecular weight excluding hydrogens is 202 g/mol. The minimum Gasteiger partial charge on any atom is -0.672 e. The molecule has 0 rings (SSSR count). The van der Waals surface area contributed by atoms with E-state index in [1.807, 2.05) is 0 Å². The van der Waals surface area contributed by atoms with Gasteiger partial charge in [0, 0.05) is 9.17 Å². The molecule has 0 saturated heterocycles. The van der Waals surface area contributed by atoms with Crippen molar-refractivity contribution in [3.63, 3.8) is 0 Å². The van der Waals surface area contributed by atoms with Crippen LogP contribution in [0, 0.1) is 0 Å². The summed E-state index contributed by atoms with van der Waals surface area (Å²) in [6, 6.07) is 0. The van der Waals surface area contributed by atoms with Gasteiger partial charge in [0.05, 0.1) is 0 Å². The first-order chi connectivity index (χ1) is 3.46. The fourth-order valence-electron chi connectivity index (χ4n) is 0. The summed E-state index contributed by atoms with van der Waals surface area (Å²) in [5.74, 6) is 0. The van der Waals surface area contributed by atoms with Gasteiger partial charge < -0.3 is 34.5 Å². The van der Waals surface area contributed by atoms with E-state index >= 15 is 0 Å². The largest absolute Gasteiger partial charge is 3.00 e. The van der Waals surface area contributed by atoms with Crippen LogP contribution in [-0.2, 0) is 4.46 Å². The van der Waals surface area contributed by atoms with Crippen LogP contribution in [0.4, 0.5) is 4.79 Å². The van der Waals surface area contributed by atoms with Crippen molar-refractivity contribution in [2.75, 3.05) is 0 Å². The second-order valence-electron chi connectivity index (χ2n) is 0.500. The average molecular weight is 204 g/mol. The zero-order chi connectivity index (χ0) is 7.15. The number of carbonyl (C=O) groups is 1. The molecule has 0 aromatic rings. The molecule has 0 fully saturated rings. The molecule has 0 aromatic heterocycles. The second-order valence-corrected chi connectivity index (χ2v) is 1.00. The van der Waals surface area contributed by atoms with E-state index in [1.54, 1.807) is 0 Å². The zero-order valence-corrected chi connectivity index (χ0v) is 9.68. The molecule has 0 heterocycles. The number of carboxylic acid groups (broad SMARTS) is 2. The van der Waals surface area contributed by atoms with Gasteiger partial charge in [0.2, 0.25) is 0 Å². The zero-order valence-electron chi connectivity index (χ0n) is 5.53. The summed E-state index contributed by atoms with van der Waals surface area (Å²) in [4.78, 5) is 25.4. The Hall–Kier alpha value is 0.379. The van der Waals surface area contributed by atoms with E-state index in [0.29, 0.717) is 0 Å². The summed E-state index contributed by atoms with van der Waals surface area (Å²) < 4.78 is 8.52. The normalized spacial score (nSPS) is 4.36. The third-order valence-corrected chi connectivity index (χ3v) is 0. The van der Waals surface area contributed by atoms with Crippen LogP contribution in [0.15, 0.2) is 0 Å². The first-order valence-electron chi connectivity index (χ1n) is 1.22. The van der Waals surface area contributed by atoms with E-state index in [2.05, 4.69) is 0 Å². The molecule has 10 heteroatoms. The van der Waals surface area contributed by atoms with Gasteiger partial charge in [-0.25, -0.2) is 0 Å². The molecule has 0 saturated carbocycles. The number of carbonyl (C=O) groups excluding carboxylic acids is 1. The van der Waals surface area contributed by atoms with Crippen LogP contribution in [0.1, 0.15) is 0 Å². The first kappa shape index (κ1) is 30.1. The van der Waals surface area contributed by atoms with Crippen LogP contribution < -0.4 is 49.4 Å². The minimum atomic E-state index is -3.63. The monoisotopic (exact) mass is 204 g/mol. The Morgan fingerprint density at radius 1 is 1.18 bits per heavy atom. The molecule has 0 unspecified atom stereocenters. The Labute approximate surface area is 96.3 Å². The molecule has 0 aliphatic rings. The number of rotatable bonds is 0. The molecule has 0 atom stereocenters. The first-order valence-corrected chi connectivity index (χ1v) is 2.45.